The van der Waals surface area contributed by atoms with Gasteiger partial charge in [-0.1, -0.05) is 29.8 Å². The van der Waals surface area contributed by atoms with Gasteiger partial charge in [0, 0.05) is 29.1 Å². The molecule has 0 spiro atoms. The van der Waals surface area contributed by atoms with E-state index in [0.29, 0.717) is 38.1 Å². The Kier molecular flexibility index (Phi) is 5.77. The van der Waals surface area contributed by atoms with E-state index in [1.807, 2.05) is 23.6 Å². The molecule has 0 radical (unpaired) electrons. The second kappa shape index (κ2) is 9.01. The number of Topliss-reactive ketones (excluding diaryl/α,β-unsaturated/α-hetero) is 1. The van der Waals surface area contributed by atoms with Gasteiger partial charge < -0.3 is 9.73 Å². The van der Waals surface area contributed by atoms with E-state index in [1.165, 1.54) is 11.3 Å². The number of aromatic nitrogens is 3. The van der Waals surface area contributed by atoms with Crippen molar-refractivity contribution in [3.63, 3.8) is 0 Å². The molecule has 164 valence electrons. The Morgan fingerprint density at radius 1 is 1.09 bits per heavy atom. The molecule has 0 aliphatic carbocycles. The Morgan fingerprint density at radius 2 is 1.94 bits per heavy atom. The van der Waals surface area contributed by atoms with Crippen LogP contribution >= 0.6 is 22.9 Å². The summed E-state index contributed by atoms with van der Waals surface area (Å²) in [6.07, 6.45) is 1.96. The first kappa shape index (κ1) is 21.1. The van der Waals surface area contributed by atoms with Crippen LogP contribution in [0, 0.1) is 0 Å². The zero-order valence-corrected chi connectivity index (χ0v) is 18.7. The monoisotopic (exact) mass is 476 g/mol. The highest BCUT2D eigenvalue weighted by Crippen LogP contribution is 2.33. The topological polar surface area (TPSA) is 101 Å². The average molecular weight is 477 g/mol. The van der Waals surface area contributed by atoms with Crippen LogP contribution in [0.4, 0.5) is 5.69 Å². The summed E-state index contributed by atoms with van der Waals surface area (Å²) in [5.74, 6) is 0.201. The summed E-state index contributed by atoms with van der Waals surface area (Å²) < 4.78 is 5.87. The summed E-state index contributed by atoms with van der Waals surface area (Å²) in [4.78, 5) is 29.5. The summed E-state index contributed by atoms with van der Waals surface area (Å²) in [6, 6.07) is 16.2. The van der Waals surface area contributed by atoms with Crippen LogP contribution in [-0.4, -0.2) is 26.9 Å². The van der Waals surface area contributed by atoms with Crippen molar-refractivity contribution >= 4 is 51.4 Å². The fourth-order valence-electron chi connectivity index (χ4n) is 3.42. The molecule has 0 bridgehead atoms. The minimum Gasteiger partial charge on any atom is -0.436 e. The Morgan fingerprint density at radius 3 is 2.73 bits per heavy atom. The van der Waals surface area contributed by atoms with Gasteiger partial charge in [0.15, 0.2) is 11.4 Å². The first-order valence-electron chi connectivity index (χ1n) is 10.1. The van der Waals surface area contributed by atoms with Crippen molar-refractivity contribution < 1.29 is 14.0 Å². The molecule has 5 rings (SSSR count). The highest BCUT2D eigenvalue weighted by atomic mass is 35.5. The highest BCUT2D eigenvalue weighted by Gasteiger charge is 2.16. The Hall–Kier alpha value is -3.75. The molecule has 3 aromatic heterocycles. The molecule has 3 heterocycles. The minimum atomic E-state index is -0.208. The molecule has 0 aliphatic heterocycles. The number of nitrogens with one attached hydrogen (secondary N) is 2. The number of carbonyl (C=O) groups is 2. The molecule has 0 saturated carbocycles. The third-order valence-corrected chi connectivity index (χ3v) is 6.20. The molecule has 7 nitrogen and oxygen atoms in total. The number of aromatic amines is 1. The fourth-order valence-corrected chi connectivity index (χ4v) is 4.28. The van der Waals surface area contributed by atoms with Crippen LogP contribution in [0.15, 0.2) is 70.6 Å². The number of rotatable bonds is 7. The molecular weight excluding hydrogens is 460 g/mol. The maximum absolute atomic E-state index is 12.2. The van der Waals surface area contributed by atoms with E-state index in [1.54, 1.807) is 42.6 Å². The lowest BCUT2D eigenvalue weighted by Crippen LogP contribution is -2.13. The van der Waals surface area contributed by atoms with Crippen LogP contribution in [-0.2, 0) is 4.79 Å². The number of thiophene rings is 1. The number of ketones is 1. The number of nitrogens with zero attached hydrogens (tertiary/aromatic N) is 2. The summed E-state index contributed by atoms with van der Waals surface area (Å²) >= 11 is 7.42. The summed E-state index contributed by atoms with van der Waals surface area (Å²) in [5.41, 5.74) is 4.26. The van der Waals surface area contributed by atoms with Crippen molar-refractivity contribution in [1.29, 1.82) is 0 Å². The summed E-state index contributed by atoms with van der Waals surface area (Å²) in [5, 5.41) is 12.4. The molecule has 0 unspecified atom stereocenters. The van der Waals surface area contributed by atoms with E-state index >= 15 is 0 Å². The van der Waals surface area contributed by atoms with E-state index in [2.05, 4.69) is 20.5 Å². The minimum absolute atomic E-state index is 0.0243. The predicted octanol–water partition coefficient (Wildman–Crippen LogP) is 6.20. The molecule has 33 heavy (non-hydrogen) atoms. The van der Waals surface area contributed by atoms with E-state index in [4.69, 9.17) is 16.0 Å². The zero-order chi connectivity index (χ0) is 22.8. The van der Waals surface area contributed by atoms with Gasteiger partial charge in [-0.15, -0.1) is 11.3 Å². The molecule has 1 amide bonds. The van der Waals surface area contributed by atoms with Crippen molar-refractivity contribution in [3.8, 4) is 22.7 Å². The molecule has 2 N–H and O–H groups in total. The average Bonchev–Trinajstić information content (AvgIpc) is 3.58. The molecule has 0 atom stereocenters. The number of amides is 1. The van der Waals surface area contributed by atoms with Gasteiger partial charge in [0.05, 0.1) is 22.3 Å². The van der Waals surface area contributed by atoms with Crippen LogP contribution in [0.3, 0.4) is 0 Å². The molecule has 0 fully saturated rings. The number of hydrogen-bond acceptors (Lipinski definition) is 6. The van der Waals surface area contributed by atoms with Gasteiger partial charge in [0.2, 0.25) is 11.8 Å². The summed E-state index contributed by atoms with van der Waals surface area (Å²) in [7, 11) is 0. The van der Waals surface area contributed by atoms with E-state index in [0.717, 1.165) is 11.3 Å². The van der Waals surface area contributed by atoms with E-state index in [-0.39, 0.29) is 24.5 Å². The highest BCUT2D eigenvalue weighted by molar-refractivity contribution is 7.12. The summed E-state index contributed by atoms with van der Waals surface area (Å²) in [6.45, 7) is 0. The number of fused-ring (bicyclic) bond motifs is 1. The lowest BCUT2D eigenvalue weighted by atomic mass is 10.1. The lowest BCUT2D eigenvalue weighted by molar-refractivity contribution is -0.116. The first-order valence-corrected chi connectivity index (χ1v) is 11.4. The number of benzene rings is 2. The van der Waals surface area contributed by atoms with Crippen LogP contribution in [0.2, 0.25) is 5.02 Å². The zero-order valence-electron chi connectivity index (χ0n) is 17.2. The molecule has 5 aromatic rings. The number of anilines is 1. The third-order valence-electron chi connectivity index (χ3n) is 5.05. The second-order valence-electron chi connectivity index (χ2n) is 7.32. The normalized spacial score (nSPS) is 11.1. The third kappa shape index (κ3) is 4.57. The van der Waals surface area contributed by atoms with Crippen molar-refractivity contribution in [2.45, 2.75) is 12.8 Å². The van der Waals surface area contributed by atoms with Crippen molar-refractivity contribution in [2.75, 3.05) is 5.32 Å². The smallest absolute Gasteiger partial charge is 0.231 e. The van der Waals surface area contributed by atoms with E-state index < -0.39 is 0 Å². The SMILES string of the molecule is O=C(CCC(=O)c1cccs1)Nc1ccc(-c2[nH]ncc2-c2nc3cc(Cl)ccc3o2)cc1. The number of hydrogen-bond donors (Lipinski definition) is 2. The second-order valence-corrected chi connectivity index (χ2v) is 8.70. The van der Waals surface area contributed by atoms with Crippen LogP contribution < -0.4 is 5.32 Å². The van der Waals surface area contributed by atoms with Crippen LogP contribution in [0.5, 0.6) is 0 Å². The van der Waals surface area contributed by atoms with Gasteiger partial charge in [0.25, 0.3) is 0 Å². The molecule has 0 aliphatic rings. The molecule has 2 aromatic carbocycles. The van der Waals surface area contributed by atoms with Gasteiger partial charge in [-0.3, -0.25) is 14.7 Å². The van der Waals surface area contributed by atoms with Crippen molar-refractivity contribution in [3.05, 3.63) is 76.1 Å². The number of carbonyl (C=O) groups excluding carboxylic acids is 2. The standard InChI is InChI=1S/C24H17ClN4O3S/c25-15-5-9-20-18(12-15)28-24(32-20)17-13-26-29-23(17)14-3-6-16(7-4-14)27-22(31)10-8-19(30)21-2-1-11-33-21/h1-7,9,11-13H,8,10H2,(H,26,29)(H,27,31). The number of halogens is 1. The van der Waals surface area contributed by atoms with E-state index in [9.17, 15) is 9.59 Å². The van der Waals surface area contributed by atoms with Gasteiger partial charge in [-0.2, -0.15) is 5.10 Å². The largest absolute Gasteiger partial charge is 0.436 e. The fraction of sp³-hybridized carbons (Fsp3) is 0.0833. The van der Waals surface area contributed by atoms with Gasteiger partial charge in [0.1, 0.15) is 5.52 Å². The van der Waals surface area contributed by atoms with Crippen molar-refractivity contribution in [1.82, 2.24) is 15.2 Å². The molecule has 0 saturated heterocycles. The van der Waals surface area contributed by atoms with Crippen LogP contribution in [0.25, 0.3) is 33.8 Å². The van der Waals surface area contributed by atoms with Crippen molar-refractivity contribution in [2.24, 2.45) is 0 Å². The van der Waals surface area contributed by atoms with Crippen LogP contribution in [0.1, 0.15) is 22.5 Å². The first-order chi connectivity index (χ1) is 16.1. The number of H-pyrrole nitrogens is 1. The number of oxazole rings is 1. The van der Waals surface area contributed by atoms with Gasteiger partial charge >= 0.3 is 0 Å². The van der Waals surface area contributed by atoms with Gasteiger partial charge in [-0.25, -0.2) is 4.98 Å². The molecule has 9 heteroatoms. The Labute approximate surface area is 197 Å². The predicted molar refractivity (Wildman–Crippen MR) is 129 cm³/mol. The maximum Gasteiger partial charge on any atom is 0.231 e. The maximum atomic E-state index is 12.2. The Balaban J connectivity index is 1.28. The quantitative estimate of drug-likeness (QED) is 0.272. The Bertz CT molecular complexity index is 1440. The molecular formula is C24H17ClN4O3S. The van der Waals surface area contributed by atoms with Gasteiger partial charge in [-0.05, 0) is 41.8 Å². The lowest BCUT2D eigenvalue weighted by Gasteiger charge is -2.06.